The molecule has 0 bridgehead atoms. The van der Waals surface area contributed by atoms with E-state index in [1.54, 1.807) is 4.90 Å². The van der Waals surface area contributed by atoms with Crippen molar-refractivity contribution in [3.05, 3.63) is 34.9 Å². The molecule has 2 N–H and O–H groups in total. The summed E-state index contributed by atoms with van der Waals surface area (Å²) >= 11 is 0. The van der Waals surface area contributed by atoms with Crippen molar-refractivity contribution in [1.82, 2.24) is 20.4 Å². The predicted molar refractivity (Wildman–Crippen MR) is 112 cm³/mol. The average molecular weight is 411 g/mol. The molecule has 5 rings (SSSR count). The van der Waals surface area contributed by atoms with Crippen molar-refractivity contribution in [2.75, 3.05) is 13.6 Å². The minimum Gasteiger partial charge on any atom is -0.322 e. The molecule has 7 heteroatoms. The Labute approximate surface area is 177 Å². The van der Waals surface area contributed by atoms with Crippen LogP contribution in [0.1, 0.15) is 66.4 Å². The van der Waals surface area contributed by atoms with Gasteiger partial charge in [0.1, 0.15) is 6.04 Å². The molecule has 3 heterocycles. The molecule has 4 aliphatic rings. The van der Waals surface area contributed by atoms with Gasteiger partial charge in [0.05, 0.1) is 0 Å². The van der Waals surface area contributed by atoms with Gasteiger partial charge < -0.3 is 10.2 Å². The summed E-state index contributed by atoms with van der Waals surface area (Å²) in [5.74, 6) is -0.709. The molecular formula is C23H30N4O3. The van der Waals surface area contributed by atoms with Crippen molar-refractivity contribution in [3.8, 4) is 0 Å². The minimum absolute atomic E-state index is 0.0981. The molecular weight excluding hydrogens is 380 g/mol. The molecule has 1 aromatic rings. The zero-order valence-corrected chi connectivity index (χ0v) is 17.6. The van der Waals surface area contributed by atoms with E-state index in [1.807, 2.05) is 12.1 Å². The third-order valence-electron chi connectivity index (χ3n) is 7.57. The molecule has 2 saturated heterocycles. The third-order valence-corrected chi connectivity index (χ3v) is 7.57. The number of nitrogens with one attached hydrogen (secondary N) is 2. The molecule has 0 aromatic heterocycles. The van der Waals surface area contributed by atoms with Crippen LogP contribution >= 0.6 is 0 Å². The van der Waals surface area contributed by atoms with Crippen molar-refractivity contribution in [2.24, 2.45) is 0 Å². The van der Waals surface area contributed by atoms with E-state index < -0.39 is 6.04 Å². The fraction of sp³-hybridized carbons (Fsp3) is 0.609. The Hall–Kier alpha value is -2.25. The van der Waals surface area contributed by atoms with Crippen LogP contribution in [0, 0.1) is 0 Å². The Morgan fingerprint density at radius 2 is 2.00 bits per heavy atom. The first-order chi connectivity index (χ1) is 14.5. The Bertz CT molecular complexity index is 888. The number of fused-ring (bicyclic) bond motifs is 1. The normalized spacial score (nSPS) is 27.9. The van der Waals surface area contributed by atoms with Crippen LogP contribution in [-0.2, 0) is 22.7 Å². The van der Waals surface area contributed by atoms with Gasteiger partial charge in [-0.05, 0) is 62.9 Å². The quantitative estimate of drug-likeness (QED) is 0.720. The molecule has 2 unspecified atom stereocenters. The van der Waals surface area contributed by atoms with Gasteiger partial charge in [0.2, 0.25) is 11.8 Å². The number of hydrogen-bond donors (Lipinski definition) is 2. The standard InChI is InChI=1S/C23H30N4O3/c1-26(23(10-11-23)19-7-2-3-12-24-19)13-15-5-4-6-16-17(15)14-27(22(16)30)18-8-9-20(28)25-21(18)29/h4-6,18-19,24H,2-3,7-14H2,1H3,(H,25,28,29). The molecule has 0 radical (unpaired) electrons. The van der Waals surface area contributed by atoms with Crippen LogP contribution in [0.15, 0.2) is 18.2 Å². The van der Waals surface area contributed by atoms with E-state index in [1.165, 1.54) is 37.7 Å². The van der Waals surface area contributed by atoms with Crippen molar-refractivity contribution in [2.45, 2.75) is 75.7 Å². The number of carbonyl (C=O) groups is 3. The van der Waals surface area contributed by atoms with E-state index >= 15 is 0 Å². The fourth-order valence-electron chi connectivity index (χ4n) is 5.65. The van der Waals surface area contributed by atoms with Crippen molar-refractivity contribution in [1.29, 1.82) is 0 Å². The van der Waals surface area contributed by atoms with Gasteiger partial charge >= 0.3 is 0 Å². The lowest BCUT2D eigenvalue weighted by Gasteiger charge is -2.38. The second-order valence-electron chi connectivity index (χ2n) is 9.31. The number of amides is 3. The largest absolute Gasteiger partial charge is 0.322 e. The molecule has 7 nitrogen and oxygen atoms in total. The summed E-state index contributed by atoms with van der Waals surface area (Å²) in [6.45, 7) is 2.35. The zero-order valence-electron chi connectivity index (χ0n) is 17.6. The number of carbonyl (C=O) groups excluding carboxylic acids is 3. The monoisotopic (exact) mass is 410 g/mol. The molecule has 1 aliphatic carbocycles. The van der Waals surface area contributed by atoms with Crippen molar-refractivity contribution >= 4 is 17.7 Å². The average Bonchev–Trinajstić information content (AvgIpc) is 3.49. The maximum atomic E-state index is 13.1. The zero-order chi connectivity index (χ0) is 20.9. The Morgan fingerprint density at radius 3 is 2.70 bits per heavy atom. The van der Waals surface area contributed by atoms with Gasteiger partial charge in [-0.25, -0.2) is 0 Å². The minimum atomic E-state index is -0.561. The lowest BCUT2D eigenvalue weighted by Crippen LogP contribution is -2.52. The maximum absolute atomic E-state index is 13.1. The van der Waals surface area contributed by atoms with Gasteiger partial charge in [-0.2, -0.15) is 0 Å². The number of imide groups is 1. The number of piperidine rings is 2. The van der Waals surface area contributed by atoms with E-state index in [-0.39, 0.29) is 29.7 Å². The van der Waals surface area contributed by atoms with Gasteiger partial charge in [-0.1, -0.05) is 18.6 Å². The second-order valence-corrected chi connectivity index (χ2v) is 9.31. The van der Waals surface area contributed by atoms with Gasteiger partial charge in [0, 0.05) is 36.7 Å². The third kappa shape index (κ3) is 3.24. The van der Waals surface area contributed by atoms with Gasteiger partial charge in [0.25, 0.3) is 5.91 Å². The molecule has 1 aromatic carbocycles. The summed E-state index contributed by atoms with van der Waals surface area (Å²) in [6, 6.07) is 5.92. The molecule has 3 aliphatic heterocycles. The molecule has 3 fully saturated rings. The molecule has 1 saturated carbocycles. The Morgan fingerprint density at radius 1 is 1.17 bits per heavy atom. The first-order valence-electron chi connectivity index (χ1n) is 11.2. The SMILES string of the molecule is CN(Cc1cccc2c1CN(C1CCC(=O)NC1=O)C2=O)C1(C2CCCCN2)CC1. The van der Waals surface area contributed by atoms with Crippen LogP contribution in [-0.4, -0.2) is 58.7 Å². The van der Waals surface area contributed by atoms with Gasteiger partial charge in [-0.3, -0.25) is 24.6 Å². The summed E-state index contributed by atoms with van der Waals surface area (Å²) in [6.07, 6.45) is 6.91. The number of rotatable bonds is 5. The number of likely N-dealkylation sites (N-methyl/N-ethyl adjacent to an activating group) is 1. The highest BCUT2D eigenvalue weighted by Crippen LogP contribution is 2.47. The predicted octanol–water partition coefficient (Wildman–Crippen LogP) is 1.55. The summed E-state index contributed by atoms with van der Waals surface area (Å²) in [7, 11) is 2.21. The van der Waals surface area contributed by atoms with Crippen molar-refractivity contribution < 1.29 is 14.4 Å². The highest BCUT2D eigenvalue weighted by Gasteiger charge is 2.52. The van der Waals surface area contributed by atoms with Crippen LogP contribution in [0.25, 0.3) is 0 Å². The van der Waals surface area contributed by atoms with E-state index in [9.17, 15) is 14.4 Å². The van der Waals surface area contributed by atoms with Crippen LogP contribution < -0.4 is 10.6 Å². The summed E-state index contributed by atoms with van der Waals surface area (Å²) in [5.41, 5.74) is 3.13. The first-order valence-corrected chi connectivity index (χ1v) is 11.2. The summed E-state index contributed by atoms with van der Waals surface area (Å²) < 4.78 is 0. The highest BCUT2D eigenvalue weighted by atomic mass is 16.2. The molecule has 3 amide bonds. The van der Waals surface area contributed by atoms with E-state index in [0.717, 1.165) is 18.7 Å². The van der Waals surface area contributed by atoms with Crippen LogP contribution in [0.3, 0.4) is 0 Å². The van der Waals surface area contributed by atoms with Crippen LogP contribution in [0.4, 0.5) is 0 Å². The lowest BCUT2D eigenvalue weighted by molar-refractivity contribution is -0.136. The van der Waals surface area contributed by atoms with Gasteiger partial charge in [0.15, 0.2) is 0 Å². The number of hydrogen-bond acceptors (Lipinski definition) is 5. The molecule has 0 spiro atoms. The fourth-order valence-corrected chi connectivity index (χ4v) is 5.65. The lowest BCUT2D eigenvalue weighted by atomic mass is 9.94. The van der Waals surface area contributed by atoms with Crippen LogP contribution in [0.2, 0.25) is 0 Å². The van der Waals surface area contributed by atoms with E-state index in [0.29, 0.717) is 24.6 Å². The first kappa shape index (κ1) is 19.7. The Kier molecular flexibility index (Phi) is 4.90. The second kappa shape index (κ2) is 7.46. The van der Waals surface area contributed by atoms with E-state index in [2.05, 4.69) is 28.6 Å². The molecule has 30 heavy (non-hydrogen) atoms. The maximum Gasteiger partial charge on any atom is 0.255 e. The number of benzene rings is 1. The van der Waals surface area contributed by atoms with Gasteiger partial charge in [-0.15, -0.1) is 0 Å². The molecule has 2 atom stereocenters. The highest BCUT2D eigenvalue weighted by molar-refractivity contribution is 6.05. The summed E-state index contributed by atoms with van der Waals surface area (Å²) in [5, 5.41) is 6.11. The smallest absolute Gasteiger partial charge is 0.255 e. The summed E-state index contributed by atoms with van der Waals surface area (Å²) in [4.78, 5) is 41.0. The van der Waals surface area contributed by atoms with Crippen LogP contribution in [0.5, 0.6) is 0 Å². The molecule has 160 valence electrons. The van der Waals surface area contributed by atoms with E-state index in [4.69, 9.17) is 0 Å². The number of nitrogens with zero attached hydrogens (tertiary/aromatic N) is 2. The Balaban J connectivity index is 1.34. The topological polar surface area (TPSA) is 81.8 Å². The van der Waals surface area contributed by atoms with Crippen molar-refractivity contribution in [3.63, 3.8) is 0 Å².